The van der Waals surface area contributed by atoms with Gasteiger partial charge in [0.05, 0.1) is 19.1 Å². The molecule has 0 saturated carbocycles. The van der Waals surface area contributed by atoms with Gasteiger partial charge in [-0.15, -0.1) is 0 Å². The highest BCUT2D eigenvalue weighted by molar-refractivity contribution is 6.31. The Balaban J connectivity index is 2.16. The topological polar surface area (TPSA) is 70.1 Å². The van der Waals surface area contributed by atoms with Crippen LogP contribution in [0.15, 0.2) is 18.2 Å². The van der Waals surface area contributed by atoms with Crippen LogP contribution >= 0.6 is 11.6 Å². The van der Waals surface area contributed by atoms with E-state index in [4.69, 9.17) is 11.6 Å². The van der Waals surface area contributed by atoms with Crippen LogP contribution < -0.4 is 0 Å². The number of halogens is 1. The van der Waals surface area contributed by atoms with E-state index in [0.29, 0.717) is 31.2 Å². The molecular weight excluding hydrogens is 368 g/mol. The SMILES string of the molecule is COC(=O)Cc1ccc(CN2CCN(C(=O)O)[C@@](C)(C(C)(C)C)C2)c(Cl)c1. The molecule has 0 radical (unpaired) electrons. The number of benzene rings is 1. The van der Waals surface area contributed by atoms with Crippen LogP contribution in [0.3, 0.4) is 0 Å². The normalized spacial score (nSPS) is 21.2. The van der Waals surface area contributed by atoms with E-state index in [-0.39, 0.29) is 17.8 Å². The smallest absolute Gasteiger partial charge is 0.407 e. The first-order chi connectivity index (χ1) is 12.5. The van der Waals surface area contributed by atoms with Gasteiger partial charge in [0.25, 0.3) is 0 Å². The number of amides is 1. The number of methoxy groups -OCH3 is 1. The van der Waals surface area contributed by atoms with Crippen LogP contribution in [0.2, 0.25) is 5.02 Å². The minimum atomic E-state index is -0.878. The van der Waals surface area contributed by atoms with Crippen molar-refractivity contribution in [3.05, 3.63) is 34.3 Å². The number of nitrogens with zero attached hydrogens (tertiary/aromatic N) is 2. The lowest BCUT2D eigenvalue weighted by molar-refractivity contribution is -0.139. The molecule has 0 aromatic heterocycles. The van der Waals surface area contributed by atoms with Gasteiger partial charge in [-0.05, 0) is 29.5 Å². The molecule has 0 spiro atoms. The predicted molar refractivity (Wildman–Crippen MR) is 105 cm³/mol. The second kappa shape index (κ2) is 8.07. The van der Waals surface area contributed by atoms with Gasteiger partial charge in [0.15, 0.2) is 0 Å². The fourth-order valence-corrected chi connectivity index (χ4v) is 3.74. The van der Waals surface area contributed by atoms with Gasteiger partial charge in [-0.1, -0.05) is 44.5 Å². The minimum absolute atomic E-state index is 0.190. The van der Waals surface area contributed by atoms with Crippen LogP contribution in [0.5, 0.6) is 0 Å². The summed E-state index contributed by atoms with van der Waals surface area (Å²) < 4.78 is 4.69. The lowest BCUT2D eigenvalue weighted by Gasteiger charge is -2.54. The zero-order valence-corrected chi connectivity index (χ0v) is 17.5. The maximum absolute atomic E-state index is 11.7. The highest BCUT2D eigenvalue weighted by Crippen LogP contribution is 2.39. The predicted octanol–water partition coefficient (Wildman–Crippen LogP) is 3.66. The Bertz CT molecular complexity index is 716. The standard InChI is InChI=1S/C20H29ClN2O4/c1-19(2,3)20(4)13-22(8-9-23(20)18(25)26)12-15-7-6-14(10-16(15)21)11-17(24)27-5/h6-7,10H,8-9,11-13H2,1-5H3,(H,25,26)/t20-/m1/s1. The molecular formula is C20H29ClN2O4. The first kappa shape index (κ1) is 21.5. The number of hydrogen-bond acceptors (Lipinski definition) is 4. The van der Waals surface area contributed by atoms with Crippen molar-refractivity contribution in [2.45, 2.75) is 46.2 Å². The lowest BCUT2D eigenvalue weighted by atomic mass is 9.72. The van der Waals surface area contributed by atoms with E-state index in [0.717, 1.165) is 11.1 Å². The summed E-state index contributed by atoms with van der Waals surface area (Å²) in [5, 5.41) is 10.2. The number of hydrogen-bond donors (Lipinski definition) is 1. The molecule has 1 aromatic rings. The Labute approximate surface area is 166 Å². The third-order valence-electron chi connectivity index (χ3n) is 5.70. The van der Waals surface area contributed by atoms with Gasteiger partial charge in [0.2, 0.25) is 0 Å². The summed E-state index contributed by atoms with van der Waals surface area (Å²) >= 11 is 6.43. The fourth-order valence-electron chi connectivity index (χ4n) is 3.48. The molecule has 2 rings (SSSR count). The van der Waals surface area contributed by atoms with Gasteiger partial charge in [-0.25, -0.2) is 4.79 Å². The molecule has 1 amide bonds. The molecule has 150 valence electrons. The first-order valence-corrected chi connectivity index (χ1v) is 9.43. The molecule has 1 atom stereocenters. The molecule has 1 heterocycles. The number of carboxylic acid groups (broad SMARTS) is 1. The van der Waals surface area contributed by atoms with Crippen LogP contribution in [0, 0.1) is 5.41 Å². The van der Waals surface area contributed by atoms with E-state index in [2.05, 4.69) is 30.4 Å². The molecule has 6 nitrogen and oxygen atoms in total. The zero-order chi connectivity index (χ0) is 20.4. The Morgan fingerprint density at radius 3 is 2.48 bits per heavy atom. The largest absolute Gasteiger partial charge is 0.469 e. The van der Waals surface area contributed by atoms with Gasteiger partial charge in [-0.3, -0.25) is 14.6 Å². The van der Waals surface area contributed by atoms with Crippen molar-refractivity contribution in [3.63, 3.8) is 0 Å². The van der Waals surface area contributed by atoms with Gasteiger partial charge in [0.1, 0.15) is 0 Å². The van der Waals surface area contributed by atoms with Crippen LogP contribution in [-0.4, -0.2) is 59.3 Å². The van der Waals surface area contributed by atoms with Gasteiger partial charge in [0, 0.05) is 31.2 Å². The number of piperazine rings is 1. The minimum Gasteiger partial charge on any atom is -0.469 e. The van der Waals surface area contributed by atoms with Crippen molar-refractivity contribution in [1.82, 2.24) is 9.80 Å². The maximum atomic E-state index is 11.7. The number of rotatable bonds is 4. The van der Waals surface area contributed by atoms with E-state index in [1.165, 1.54) is 7.11 Å². The van der Waals surface area contributed by atoms with E-state index >= 15 is 0 Å². The van der Waals surface area contributed by atoms with Crippen LogP contribution in [0.4, 0.5) is 4.79 Å². The molecule has 1 aliphatic heterocycles. The molecule has 1 saturated heterocycles. The molecule has 1 aliphatic rings. The third-order valence-corrected chi connectivity index (χ3v) is 6.05. The Kier molecular flexibility index (Phi) is 6.43. The molecule has 1 fully saturated rings. The Hall–Kier alpha value is -1.79. The highest BCUT2D eigenvalue weighted by Gasteiger charge is 2.48. The summed E-state index contributed by atoms with van der Waals surface area (Å²) in [6, 6.07) is 5.61. The van der Waals surface area contributed by atoms with E-state index in [9.17, 15) is 14.7 Å². The summed E-state index contributed by atoms with van der Waals surface area (Å²) in [4.78, 5) is 27.0. The van der Waals surface area contributed by atoms with Crippen molar-refractivity contribution in [1.29, 1.82) is 0 Å². The van der Waals surface area contributed by atoms with Crippen LogP contribution in [0.25, 0.3) is 0 Å². The van der Waals surface area contributed by atoms with E-state index < -0.39 is 11.6 Å². The van der Waals surface area contributed by atoms with Gasteiger partial charge < -0.3 is 9.84 Å². The molecule has 0 aliphatic carbocycles. The lowest BCUT2D eigenvalue weighted by Crippen LogP contribution is -2.67. The first-order valence-electron chi connectivity index (χ1n) is 9.05. The van der Waals surface area contributed by atoms with Gasteiger partial charge in [-0.2, -0.15) is 0 Å². The highest BCUT2D eigenvalue weighted by atomic mass is 35.5. The molecule has 1 aromatic carbocycles. The summed E-state index contributed by atoms with van der Waals surface area (Å²) in [5.74, 6) is -0.301. The monoisotopic (exact) mass is 396 g/mol. The molecule has 0 bridgehead atoms. The summed E-state index contributed by atoms with van der Waals surface area (Å²) in [6.45, 7) is 10.6. The second-order valence-corrected chi connectivity index (χ2v) is 8.75. The zero-order valence-electron chi connectivity index (χ0n) is 16.7. The van der Waals surface area contributed by atoms with Crippen LogP contribution in [-0.2, 0) is 22.5 Å². The van der Waals surface area contributed by atoms with E-state index in [1.807, 2.05) is 19.1 Å². The average molecular weight is 397 g/mol. The maximum Gasteiger partial charge on any atom is 0.407 e. The molecule has 1 N–H and O–H groups in total. The molecule has 0 unspecified atom stereocenters. The van der Waals surface area contributed by atoms with Crippen molar-refractivity contribution >= 4 is 23.7 Å². The Morgan fingerprint density at radius 2 is 1.96 bits per heavy atom. The van der Waals surface area contributed by atoms with Crippen molar-refractivity contribution in [3.8, 4) is 0 Å². The summed E-state index contributed by atoms with van der Waals surface area (Å²) in [6.07, 6.45) is -0.687. The van der Waals surface area contributed by atoms with Crippen molar-refractivity contribution in [2.75, 3.05) is 26.7 Å². The number of carbonyl (C=O) groups is 2. The number of ether oxygens (including phenoxy) is 1. The van der Waals surface area contributed by atoms with Crippen molar-refractivity contribution in [2.24, 2.45) is 5.41 Å². The Morgan fingerprint density at radius 1 is 1.30 bits per heavy atom. The number of esters is 1. The van der Waals surface area contributed by atoms with Crippen LogP contribution in [0.1, 0.15) is 38.8 Å². The number of carbonyl (C=O) groups excluding carboxylic acids is 1. The average Bonchev–Trinajstić information content (AvgIpc) is 2.56. The second-order valence-electron chi connectivity index (χ2n) is 8.35. The quantitative estimate of drug-likeness (QED) is 0.786. The van der Waals surface area contributed by atoms with Crippen molar-refractivity contribution < 1.29 is 19.4 Å². The summed E-state index contributed by atoms with van der Waals surface area (Å²) in [7, 11) is 1.36. The van der Waals surface area contributed by atoms with Gasteiger partial charge >= 0.3 is 12.1 Å². The molecule has 7 heteroatoms. The third kappa shape index (κ3) is 4.74. The fraction of sp³-hybridized carbons (Fsp3) is 0.600. The van der Waals surface area contributed by atoms with E-state index in [1.54, 1.807) is 11.0 Å². The summed E-state index contributed by atoms with van der Waals surface area (Å²) in [5.41, 5.74) is 1.06. The molecule has 27 heavy (non-hydrogen) atoms.